The van der Waals surface area contributed by atoms with Crippen molar-refractivity contribution in [2.45, 2.75) is 19.4 Å². The molecule has 2 nitrogen and oxygen atoms in total. The zero-order chi connectivity index (χ0) is 12.3. The molecule has 16 heavy (non-hydrogen) atoms. The molecular formula is C12H11BrClNO. The maximum Gasteiger partial charge on any atom is 0.253 e. The van der Waals surface area contributed by atoms with Crippen molar-refractivity contribution >= 4 is 33.4 Å². The molecule has 0 unspecified atom stereocenters. The molecule has 0 atom stereocenters. The monoisotopic (exact) mass is 299 g/mol. The molecule has 1 N–H and O–H groups in total. The summed E-state index contributed by atoms with van der Waals surface area (Å²) in [7, 11) is 0. The van der Waals surface area contributed by atoms with Gasteiger partial charge in [-0.05, 0) is 41.9 Å². The Kier molecular flexibility index (Phi) is 4.01. The molecule has 0 heterocycles. The largest absolute Gasteiger partial charge is 0.336 e. The number of carbonyl (C=O) groups is 1. The van der Waals surface area contributed by atoms with Crippen molar-refractivity contribution < 1.29 is 4.79 Å². The summed E-state index contributed by atoms with van der Waals surface area (Å²) in [4.78, 5) is 11.9. The van der Waals surface area contributed by atoms with Crippen molar-refractivity contribution in [2.24, 2.45) is 0 Å². The van der Waals surface area contributed by atoms with Crippen molar-refractivity contribution in [1.29, 1.82) is 0 Å². The highest BCUT2D eigenvalue weighted by atomic mass is 79.9. The van der Waals surface area contributed by atoms with Crippen LogP contribution in [0.3, 0.4) is 0 Å². The van der Waals surface area contributed by atoms with Gasteiger partial charge in [0, 0.05) is 4.47 Å². The van der Waals surface area contributed by atoms with Crippen LogP contribution < -0.4 is 5.32 Å². The minimum atomic E-state index is -0.692. The summed E-state index contributed by atoms with van der Waals surface area (Å²) < 4.78 is 0.681. The average Bonchev–Trinajstić information content (AvgIpc) is 2.21. The topological polar surface area (TPSA) is 29.1 Å². The standard InChI is InChI=1S/C12H11BrClNO/c1-4-12(2,3)15-11(16)8-6-5-7-9(13)10(8)14/h1,5-7H,2-3H3,(H,15,16). The first-order valence-corrected chi connectivity index (χ1v) is 5.79. The van der Waals surface area contributed by atoms with E-state index in [1.807, 2.05) is 0 Å². The summed E-state index contributed by atoms with van der Waals surface area (Å²) in [6, 6.07) is 5.16. The number of nitrogens with one attached hydrogen (secondary N) is 1. The molecule has 0 aliphatic heterocycles. The van der Waals surface area contributed by atoms with E-state index in [4.69, 9.17) is 18.0 Å². The molecule has 1 aromatic rings. The lowest BCUT2D eigenvalue weighted by Gasteiger charge is -2.20. The van der Waals surface area contributed by atoms with Crippen LogP contribution in [0.5, 0.6) is 0 Å². The summed E-state index contributed by atoms with van der Waals surface area (Å²) in [6.45, 7) is 3.49. The Balaban J connectivity index is 2.99. The number of benzene rings is 1. The van der Waals surface area contributed by atoms with Crippen molar-refractivity contribution in [3.05, 3.63) is 33.3 Å². The van der Waals surface area contributed by atoms with E-state index >= 15 is 0 Å². The lowest BCUT2D eigenvalue weighted by Crippen LogP contribution is -2.42. The molecular weight excluding hydrogens is 289 g/mol. The van der Waals surface area contributed by atoms with Crippen LogP contribution in [0.4, 0.5) is 0 Å². The van der Waals surface area contributed by atoms with Crippen molar-refractivity contribution in [2.75, 3.05) is 0 Å². The molecule has 0 aromatic heterocycles. The Morgan fingerprint density at radius 2 is 2.19 bits per heavy atom. The highest BCUT2D eigenvalue weighted by molar-refractivity contribution is 9.10. The quantitative estimate of drug-likeness (QED) is 0.835. The second-order valence-electron chi connectivity index (χ2n) is 3.82. The minimum absolute atomic E-state index is 0.283. The number of hydrogen-bond donors (Lipinski definition) is 1. The average molecular weight is 301 g/mol. The van der Waals surface area contributed by atoms with Gasteiger partial charge in [0.25, 0.3) is 5.91 Å². The second kappa shape index (κ2) is 4.90. The summed E-state index contributed by atoms with van der Waals surface area (Å²) in [6.07, 6.45) is 5.29. The fraction of sp³-hybridized carbons (Fsp3) is 0.250. The molecule has 84 valence electrons. The first-order chi connectivity index (χ1) is 7.37. The number of hydrogen-bond acceptors (Lipinski definition) is 1. The molecule has 0 radical (unpaired) electrons. The first-order valence-electron chi connectivity index (χ1n) is 4.61. The molecule has 1 rings (SSSR count). The molecule has 0 aliphatic carbocycles. The molecule has 0 saturated carbocycles. The zero-order valence-electron chi connectivity index (χ0n) is 8.97. The highest BCUT2D eigenvalue weighted by Crippen LogP contribution is 2.26. The maximum atomic E-state index is 11.9. The Hall–Kier alpha value is -0.980. The summed E-state index contributed by atoms with van der Waals surface area (Å²) in [5, 5.41) is 3.09. The van der Waals surface area contributed by atoms with Gasteiger partial charge < -0.3 is 5.32 Å². The van der Waals surface area contributed by atoms with Crippen LogP contribution in [0.1, 0.15) is 24.2 Å². The number of rotatable bonds is 2. The van der Waals surface area contributed by atoms with E-state index < -0.39 is 5.54 Å². The number of amides is 1. The van der Waals surface area contributed by atoms with Crippen LogP contribution in [0.25, 0.3) is 0 Å². The van der Waals surface area contributed by atoms with E-state index in [9.17, 15) is 4.79 Å². The fourth-order valence-electron chi connectivity index (χ4n) is 1.07. The van der Waals surface area contributed by atoms with E-state index in [1.165, 1.54) is 0 Å². The van der Waals surface area contributed by atoms with Gasteiger partial charge in [-0.15, -0.1) is 6.42 Å². The van der Waals surface area contributed by atoms with Crippen LogP contribution >= 0.6 is 27.5 Å². The van der Waals surface area contributed by atoms with Gasteiger partial charge in [0.15, 0.2) is 0 Å². The molecule has 0 saturated heterocycles. The zero-order valence-corrected chi connectivity index (χ0v) is 11.3. The summed E-state index contributed by atoms with van der Waals surface area (Å²) >= 11 is 9.26. The second-order valence-corrected chi connectivity index (χ2v) is 5.06. The molecule has 0 bridgehead atoms. The predicted octanol–water partition coefficient (Wildman–Crippen LogP) is 3.24. The van der Waals surface area contributed by atoms with Gasteiger partial charge >= 0.3 is 0 Å². The van der Waals surface area contributed by atoms with Crippen molar-refractivity contribution in [3.63, 3.8) is 0 Å². The predicted molar refractivity (Wildman–Crippen MR) is 69.5 cm³/mol. The summed E-state index contributed by atoms with van der Waals surface area (Å²) in [5.74, 6) is 2.21. The number of terminal acetylenes is 1. The third-order valence-corrected chi connectivity index (χ3v) is 3.28. The fourth-order valence-corrected chi connectivity index (χ4v) is 1.64. The Bertz CT molecular complexity index is 463. The third kappa shape index (κ3) is 3.01. The van der Waals surface area contributed by atoms with E-state index in [1.54, 1.807) is 32.0 Å². The van der Waals surface area contributed by atoms with Gasteiger partial charge in [0.2, 0.25) is 0 Å². The number of halogens is 2. The van der Waals surface area contributed by atoms with E-state index in [0.29, 0.717) is 15.1 Å². The third-order valence-electron chi connectivity index (χ3n) is 1.98. The minimum Gasteiger partial charge on any atom is -0.336 e. The smallest absolute Gasteiger partial charge is 0.253 e. The molecule has 0 fully saturated rings. The lowest BCUT2D eigenvalue weighted by molar-refractivity contribution is 0.0930. The van der Waals surface area contributed by atoms with Crippen LogP contribution in [0, 0.1) is 12.3 Å². The molecule has 0 spiro atoms. The first kappa shape index (κ1) is 13.1. The molecule has 1 amide bonds. The summed E-state index contributed by atoms with van der Waals surface area (Å²) in [5.41, 5.74) is -0.290. The van der Waals surface area contributed by atoms with Crippen molar-refractivity contribution in [1.82, 2.24) is 5.32 Å². The molecule has 1 aromatic carbocycles. The van der Waals surface area contributed by atoms with Crippen LogP contribution in [-0.2, 0) is 0 Å². The van der Waals surface area contributed by atoms with E-state index in [0.717, 1.165) is 0 Å². The lowest BCUT2D eigenvalue weighted by atomic mass is 10.1. The van der Waals surface area contributed by atoms with Gasteiger partial charge in [-0.3, -0.25) is 4.79 Å². The Morgan fingerprint density at radius 1 is 1.56 bits per heavy atom. The van der Waals surface area contributed by atoms with Crippen molar-refractivity contribution in [3.8, 4) is 12.3 Å². The van der Waals surface area contributed by atoms with Gasteiger partial charge in [-0.1, -0.05) is 23.6 Å². The Morgan fingerprint density at radius 3 is 2.75 bits per heavy atom. The van der Waals surface area contributed by atoms with Gasteiger partial charge in [-0.25, -0.2) is 0 Å². The number of carbonyl (C=O) groups excluding carboxylic acids is 1. The van der Waals surface area contributed by atoms with Crippen LogP contribution in [0.15, 0.2) is 22.7 Å². The maximum absolute atomic E-state index is 11.9. The molecule has 0 aliphatic rings. The van der Waals surface area contributed by atoms with Gasteiger partial charge in [-0.2, -0.15) is 0 Å². The van der Waals surface area contributed by atoms with E-state index in [2.05, 4.69) is 27.2 Å². The SMILES string of the molecule is C#CC(C)(C)NC(=O)c1cccc(Br)c1Cl. The molecule has 4 heteroatoms. The van der Waals surface area contributed by atoms with Crippen LogP contribution in [-0.4, -0.2) is 11.4 Å². The van der Waals surface area contributed by atoms with Gasteiger partial charge in [0.1, 0.15) is 0 Å². The van der Waals surface area contributed by atoms with E-state index in [-0.39, 0.29) is 5.91 Å². The Labute approximate surface area is 109 Å². The normalized spacial score (nSPS) is 10.7. The van der Waals surface area contributed by atoms with Gasteiger partial charge in [0.05, 0.1) is 16.1 Å². The van der Waals surface area contributed by atoms with Crippen LogP contribution in [0.2, 0.25) is 5.02 Å². The highest BCUT2D eigenvalue weighted by Gasteiger charge is 2.20.